The maximum absolute atomic E-state index is 4.82. The van der Waals surface area contributed by atoms with Crippen LogP contribution in [0.25, 0.3) is 49.4 Å². The van der Waals surface area contributed by atoms with E-state index < -0.39 is 0 Å². The third kappa shape index (κ3) is 1.39. The van der Waals surface area contributed by atoms with E-state index in [1.54, 1.807) is 0 Å². The SMILES string of the molecule is c1ccc2c(c1)ccc1nc3[nH]c4ccc5ccccc5c4n3c12. The van der Waals surface area contributed by atoms with Crippen molar-refractivity contribution in [3.8, 4) is 0 Å². The molecule has 0 atom stereocenters. The van der Waals surface area contributed by atoms with Gasteiger partial charge in [0.2, 0.25) is 5.78 Å². The third-order valence-corrected chi connectivity index (χ3v) is 4.91. The lowest BCUT2D eigenvalue weighted by Crippen LogP contribution is -1.84. The summed E-state index contributed by atoms with van der Waals surface area (Å²) in [5.41, 5.74) is 4.51. The summed E-state index contributed by atoms with van der Waals surface area (Å²) in [4.78, 5) is 8.29. The Kier molecular flexibility index (Phi) is 2.10. The van der Waals surface area contributed by atoms with Gasteiger partial charge in [0.25, 0.3) is 0 Å². The predicted octanol–water partition coefficient (Wildman–Crippen LogP) is 5.28. The number of H-pyrrole nitrogens is 1. The molecule has 0 spiro atoms. The number of hydrogen-bond acceptors (Lipinski definition) is 1. The molecule has 0 unspecified atom stereocenters. The van der Waals surface area contributed by atoms with E-state index in [1.165, 1.54) is 32.6 Å². The molecule has 3 nitrogen and oxygen atoms in total. The fourth-order valence-corrected chi connectivity index (χ4v) is 3.86. The lowest BCUT2D eigenvalue weighted by Gasteiger charge is -2.03. The average Bonchev–Trinajstić information content (AvgIpc) is 3.17. The van der Waals surface area contributed by atoms with Crippen LogP contribution < -0.4 is 0 Å². The van der Waals surface area contributed by atoms with Crippen molar-refractivity contribution < 1.29 is 0 Å². The van der Waals surface area contributed by atoms with Gasteiger partial charge in [-0.2, -0.15) is 0 Å². The van der Waals surface area contributed by atoms with Gasteiger partial charge in [0, 0.05) is 10.8 Å². The summed E-state index contributed by atoms with van der Waals surface area (Å²) in [5, 5.41) is 4.96. The molecule has 1 N–H and O–H groups in total. The Morgan fingerprint density at radius 3 is 2.12 bits per heavy atom. The van der Waals surface area contributed by atoms with Crippen LogP contribution in [0.2, 0.25) is 0 Å². The second kappa shape index (κ2) is 4.15. The molecule has 2 heterocycles. The quantitative estimate of drug-likeness (QED) is 0.407. The van der Waals surface area contributed by atoms with Crippen LogP contribution in [0.4, 0.5) is 0 Å². The number of hydrogen-bond donors (Lipinski definition) is 1. The lowest BCUT2D eigenvalue weighted by atomic mass is 10.1. The van der Waals surface area contributed by atoms with Gasteiger partial charge in [0.05, 0.1) is 22.1 Å². The normalized spacial score (nSPS) is 12.2. The van der Waals surface area contributed by atoms with Crippen molar-refractivity contribution in [1.82, 2.24) is 14.4 Å². The van der Waals surface area contributed by atoms with Gasteiger partial charge in [-0.25, -0.2) is 4.98 Å². The zero-order chi connectivity index (χ0) is 15.7. The van der Waals surface area contributed by atoms with E-state index in [0.29, 0.717) is 0 Å². The standard InChI is InChI=1S/C21H13N3/c1-3-7-15-13(5-1)9-11-17-19(15)24-20-16-8-4-2-6-14(16)10-12-18(20)23-21(24)22-17/h1-12H,(H,22,23). The number of aromatic nitrogens is 3. The van der Waals surface area contributed by atoms with Crippen molar-refractivity contribution >= 4 is 49.4 Å². The lowest BCUT2D eigenvalue weighted by molar-refractivity contribution is 1.28. The molecular weight excluding hydrogens is 294 g/mol. The monoisotopic (exact) mass is 307 g/mol. The van der Waals surface area contributed by atoms with Gasteiger partial charge in [-0.15, -0.1) is 0 Å². The molecule has 0 aliphatic carbocycles. The van der Waals surface area contributed by atoms with Crippen LogP contribution in [-0.2, 0) is 0 Å². The zero-order valence-electron chi connectivity index (χ0n) is 12.8. The van der Waals surface area contributed by atoms with Crippen molar-refractivity contribution in [1.29, 1.82) is 0 Å². The molecule has 0 saturated heterocycles. The molecule has 0 aliphatic heterocycles. The maximum Gasteiger partial charge on any atom is 0.213 e. The Morgan fingerprint density at radius 2 is 1.33 bits per heavy atom. The first-order valence-electron chi connectivity index (χ1n) is 8.09. The zero-order valence-corrected chi connectivity index (χ0v) is 12.8. The van der Waals surface area contributed by atoms with Crippen LogP contribution in [0.15, 0.2) is 72.8 Å². The number of nitrogens with zero attached hydrogens (tertiary/aromatic N) is 2. The minimum absolute atomic E-state index is 0.896. The van der Waals surface area contributed by atoms with Gasteiger partial charge in [0.15, 0.2) is 0 Å². The number of fused-ring (bicyclic) bond motifs is 9. The molecule has 4 aromatic carbocycles. The maximum atomic E-state index is 4.82. The first-order chi connectivity index (χ1) is 11.9. The van der Waals surface area contributed by atoms with Gasteiger partial charge in [-0.05, 0) is 22.9 Å². The molecule has 6 rings (SSSR count). The number of benzene rings is 4. The van der Waals surface area contributed by atoms with Crippen molar-refractivity contribution in [3.63, 3.8) is 0 Å². The third-order valence-electron chi connectivity index (χ3n) is 4.91. The first-order valence-corrected chi connectivity index (χ1v) is 8.09. The molecule has 0 aliphatic rings. The van der Waals surface area contributed by atoms with Crippen molar-refractivity contribution in [2.45, 2.75) is 0 Å². The van der Waals surface area contributed by atoms with Gasteiger partial charge >= 0.3 is 0 Å². The highest BCUT2D eigenvalue weighted by atomic mass is 15.1. The highest BCUT2D eigenvalue weighted by Crippen LogP contribution is 2.32. The molecule has 0 fully saturated rings. The molecule has 112 valence electrons. The average molecular weight is 307 g/mol. The molecule has 0 amide bonds. The van der Waals surface area contributed by atoms with E-state index in [-0.39, 0.29) is 0 Å². The summed E-state index contributed by atoms with van der Waals surface area (Å²) >= 11 is 0. The Balaban J connectivity index is 2.00. The minimum Gasteiger partial charge on any atom is -0.323 e. The van der Waals surface area contributed by atoms with Crippen LogP contribution in [-0.4, -0.2) is 14.4 Å². The minimum atomic E-state index is 0.896. The van der Waals surface area contributed by atoms with Crippen LogP contribution in [0.3, 0.4) is 0 Å². The number of aromatic amines is 1. The Morgan fingerprint density at radius 1 is 0.667 bits per heavy atom. The molecular formula is C21H13N3. The first kappa shape index (κ1) is 12.1. The summed E-state index contributed by atoms with van der Waals surface area (Å²) in [7, 11) is 0. The summed E-state index contributed by atoms with van der Waals surface area (Å²) < 4.78 is 2.27. The molecule has 3 heteroatoms. The Hall–Kier alpha value is -3.33. The fourth-order valence-electron chi connectivity index (χ4n) is 3.86. The molecule has 24 heavy (non-hydrogen) atoms. The van der Waals surface area contributed by atoms with Crippen LogP contribution in [0.1, 0.15) is 0 Å². The molecule has 0 saturated carbocycles. The fraction of sp³-hybridized carbons (Fsp3) is 0. The number of imidazole rings is 2. The molecule has 6 aromatic rings. The molecule has 0 bridgehead atoms. The summed E-state index contributed by atoms with van der Waals surface area (Å²) in [6.07, 6.45) is 0. The van der Waals surface area contributed by atoms with Crippen LogP contribution in [0, 0.1) is 0 Å². The van der Waals surface area contributed by atoms with Crippen molar-refractivity contribution in [3.05, 3.63) is 72.8 Å². The Labute approximate surface area is 137 Å². The highest BCUT2D eigenvalue weighted by molar-refractivity contribution is 6.12. The highest BCUT2D eigenvalue weighted by Gasteiger charge is 2.14. The largest absolute Gasteiger partial charge is 0.323 e. The second-order valence-electron chi connectivity index (χ2n) is 6.23. The van der Waals surface area contributed by atoms with E-state index in [9.17, 15) is 0 Å². The topological polar surface area (TPSA) is 33.1 Å². The van der Waals surface area contributed by atoms with Gasteiger partial charge in [-0.3, -0.25) is 4.40 Å². The van der Waals surface area contributed by atoms with E-state index in [1.807, 2.05) is 0 Å². The van der Waals surface area contributed by atoms with Crippen LogP contribution >= 0.6 is 0 Å². The molecule has 2 aromatic heterocycles. The van der Waals surface area contributed by atoms with Crippen molar-refractivity contribution in [2.24, 2.45) is 0 Å². The second-order valence-corrected chi connectivity index (χ2v) is 6.23. The predicted molar refractivity (Wildman–Crippen MR) is 99.6 cm³/mol. The van der Waals surface area contributed by atoms with E-state index in [2.05, 4.69) is 82.2 Å². The Bertz CT molecular complexity index is 1300. The van der Waals surface area contributed by atoms with E-state index in [0.717, 1.165) is 16.8 Å². The molecule has 0 radical (unpaired) electrons. The summed E-state index contributed by atoms with van der Waals surface area (Å²) in [6.45, 7) is 0. The van der Waals surface area contributed by atoms with E-state index in [4.69, 9.17) is 4.98 Å². The van der Waals surface area contributed by atoms with Crippen molar-refractivity contribution in [2.75, 3.05) is 0 Å². The van der Waals surface area contributed by atoms with E-state index >= 15 is 0 Å². The van der Waals surface area contributed by atoms with Gasteiger partial charge in [-0.1, -0.05) is 60.7 Å². The van der Waals surface area contributed by atoms with Gasteiger partial charge in [0.1, 0.15) is 0 Å². The summed E-state index contributed by atoms with van der Waals surface area (Å²) in [6, 6.07) is 25.6. The van der Waals surface area contributed by atoms with Gasteiger partial charge < -0.3 is 4.98 Å². The number of nitrogens with one attached hydrogen (secondary N) is 1. The summed E-state index contributed by atoms with van der Waals surface area (Å²) in [5.74, 6) is 0.896. The van der Waals surface area contributed by atoms with Crippen LogP contribution in [0.5, 0.6) is 0 Å². The smallest absolute Gasteiger partial charge is 0.213 e. The number of rotatable bonds is 0.